The highest BCUT2D eigenvalue weighted by Crippen LogP contribution is 2.47. The van der Waals surface area contributed by atoms with Crippen LogP contribution >= 0.6 is 11.3 Å². The van der Waals surface area contributed by atoms with E-state index in [1.807, 2.05) is 0 Å². The second kappa shape index (κ2) is 2.91. The zero-order chi connectivity index (χ0) is 8.44. The lowest BCUT2D eigenvalue weighted by atomic mass is 9.66. The molecule has 1 aromatic heterocycles. The molecule has 1 fully saturated rings. The molecule has 0 spiro atoms. The predicted octanol–water partition coefficient (Wildman–Crippen LogP) is 3.08. The molecule has 1 aromatic rings. The van der Waals surface area contributed by atoms with Crippen molar-refractivity contribution in [2.75, 3.05) is 0 Å². The standard InChI is InChI=1S/C10H11NS/c11-7-6-10(4-2-5-10)9-3-1-8-12-9/h1,3,8H,2,4-6H2. The van der Waals surface area contributed by atoms with Crippen LogP contribution in [0.4, 0.5) is 0 Å². The summed E-state index contributed by atoms with van der Waals surface area (Å²) in [7, 11) is 0. The van der Waals surface area contributed by atoms with Crippen LogP contribution in [0, 0.1) is 11.3 Å². The van der Waals surface area contributed by atoms with E-state index < -0.39 is 0 Å². The molecule has 0 saturated heterocycles. The molecule has 1 heterocycles. The zero-order valence-electron chi connectivity index (χ0n) is 6.92. The maximum atomic E-state index is 8.72. The molecule has 0 atom stereocenters. The van der Waals surface area contributed by atoms with Crippen molar-refractivity contribution < 1.29 is 0 Å². The fourth-order valence-electron chi connectivity index (χ4n) is 1.85. The molecule has 0 aromatic carbocycles. The zero-order valence-corrected chi connectivity index (χ0v) is 7.73. The Hall–Kier alpha value is -0.810. The lowest BCUT2D eigenvalue weighted by Gasteiger charge is -2.39. The molecule has 0 N–H and O–H groups in total. The van der Waals surface area contributed by atoms with E-state index in [1.54, 1.807) is 11.3 Å². The van der Waals surface area contributed by atoms with E-state index >= 15 is 0 Å². The van der Waals surface area contributed by atoms with Gasteiger partial charge in [0.15, 0.2) is 0 Å². The second-order valence-corrected chi connectivity index (χ2v) is 4.39. The molecule has 0 amide bonds. The number of thiophene rings is 1. The third-order valence-corrected chi connectivity index (χ3v) is 3.89. The SMILES string of the molecule is N#CCC1(c2cccs2)CCC1. The van der Waals surface area contributed by atoms with Crippen molar-refractivity contribution in [1.82, 2.24) is 0 Å². The molecule has 1 aliphatic carbocycles. The average molecular weight is 177 g/mol. The summed E-state index contributed by atoms with van der Waals surface area (Å²) in [5.41, 5.74) is 0.253. The Labute approximate surface area is 76.6 Å². The average Bonchev–Trinajstić information content (AvgIpc) is 2.48. The van der Waals surface area contributed by atoms with Crippen LogP contribution in [0.2, 0.25) is 0 Å². The Morgan fingerprint density at radius 1 is 1.58 bits per heavy atom. The Kier molecular flexibility index (Phi) is 1.90. The molecule has 1 aliphatic rings. The van der Waals surface area contributed by atoms with Crippen molar-refractivity contribution in [2.45, 2.75) is 31.1 Å². The van der Waals surface area contributed by atoms with E-state index in [4.69, 9.17) is 5.26 Å². The largest absolute Gasteiger partial charge is 0.198 e. The van der Waals surface area contributed by atoms with Crippen LogP contribution in [0.3, 0.4) is 0 Å². The van der Waals surface area contributed by atoms with E-state index in [9.17, 15) is 0 Å². The van der Waals surface area contributed by atoms with Gasteiger partial charge in [-0.25, -0.2) is 0 Å². The van der Waals surface area contributed by atoms with E-state index in [2.05, 4.69) is 23.6 Å². The van der Waals surface area contributed by atoms with E-state index in [1.165, 1.54) is 24.1 Å². The number of nitrogens with zero attached hydrogens (tertiary/aromatic N) is 1. The molecule has 62 valence electrons. The summed E-state index contributed by atoms with van der Waals surface area (Å²) in [5.74, 6) is 0. The van der Waals surface area contributed by atoms with Crippen LogP contribution < -0.4 is 0 Å². The van der Waals surface area contributed by atoms with Crippen LogP contribution in [0.15, 0.2) is 17.5 Å². The summed E-state index contributed by atoms with van der Waals surface area (Å²) in [6.45, 7) is 0. The van der Waals surface area contributed by atoms with Crippen LogP contribution in [0.25, 0.3) is 0 Å². The number of nitriles is 1. The minimum Gasteiger partial charge on any atom is -0.198 e. The molecule has 0 unspecified atom stereocenters. The van der Waals surface area contributed by atoms with Crippen molar-refractivity contribution in [2.24, 2.45) is 0 Å². The predicted molar refractivity (Wildman–Crippen MR) is 50.1 cm³/mol. The highest BCUT2D eigenvalue weighted by molar-refractivity contribution is 7.10. The van der Waals surface area contributed by atoms with E-state index in [0.717, 1.165) is 0 Å². The number of hydrogen-bond donors (Lipinski definition) is 0. The maximum absolute atomic E-state index is 8.72. The van der Waals surface area contributed by atoms with Crippen molar-refractivity contribution in [3.63, 3.8) is 0 Å². The van der Waals surface area contributed by atoms with Gasteiger partial charge >= 0.3 is 0 Å². The van der Waals surface area contributed by atoms with Gasteiger partial charge in [0.05, 0.1) is 6.07 Å². The van der Waals surface area contributed by atoms with Gasteiger partial charge in [0.1, 0.15) is 0 Å². The second-order valence-electron chi connectivity index (χ2n) is 3.45. The third-order valence-electron chi connectivity index (χ3n) is 2.77. The fourth-order valence-corrected chi connectivity index (χ4v) is 2.83. The molecular formula is C10H11NS. The highest BCUT2D eigenvalue weighted by atomic mass is 32.1. The lowest BCUT2D eigenvalue weighted by molar-refractivity contribution is 0.254. The normalized spacial score (nSPS) is 19.6. The summed E-state index contributed by atoms with van der Waals surface area (Å²) < 4.78 is 0. The maximum Gasteiger partial charge on any atom is 0.0631 e. The van der Waals surface area contributed by atoms with Crippen molar-refractivity contribution >= 4 is 11.3 Å². The van der Waals surface area contributed by atoms with Crippen LogP contribution in [0.5, 0.6) is 0 Å². The monoisotopic (exact) mass is 177 g/mol. The first-order chi connectivity index (χ1) is 5.87. The Morgan fingerprint density at radius 2 is 2.42 bits per heavy atom. The van der Waals surface area contributed by atoms with Crippen LogP contribution in [-0.2, 0) is 5.41 Å². The summed E-state index contributed by atoms with van der Waals surface area (Å²) in [5, 5.41) is 10.8. The summed E-state index contributed by atoms with van der Waals surface area (Å²) in [6, 6.07) is 6.55. The Balaban J connectivity index is 2.24. The first kappa shape index (κ1) is 7.82. The Bertz CT molecular complexity index is 290. The molecular weight excluding hydrogens is 166 g/mol. The van der Waals surface area contributed by atoms with Gasteiger partial charge in [0.25, 0.3) is 0 Å². The van der Waals surface area contributed by atoms with Gasteiger partial charge in [-0.2, -0.15) is 5.26 Å². The van der Waals surface area contributed by atoms with Crippen molar-refractivity contribution in [1.29, 1.82) is 5.26 Å². The molecule has 1 saturated carbocycles. The molecule has 12 heavy (non-hydrogen) atoms. The quantitative estimate of drug-likeness (QED) is 0.681. The van der Waals surface area contributed by atoms with E-state index in [-0.39, 0.29) is 5.41 Å². The molecule has 0 bridgehead atoms. The minimum atomic E-state index is 0.253. The van der Waals surface area contributed by atoms with Crippen molar-refractivity contribution in [3.8, 4) is 6.07 Å². The van der Waals surface area contributed by atoms with Gasteiger partial charge in [0, 0.05) is 16.7 Å². The summed E-state index contributed by atoms with van der Waals surface area (Å²) in [6.07, 6.45) is 4.41. The first-order valence-corrected chi connectivity index (χ1v) is 5.16. The fraction of sp³-hybridized carbons (Fsp3) is 0.500. The van der Waals surface area contributed by atoms with Gasteiger partial charge < -0.3 is 0 Å². The van der Waals surface area contributed by atoms with Crippen LogP contribution in [-0.4, -0.2) is 0 Å². The summed E-state index contributed by atoms with van der Waals surface area (Å²) in [4.78, 5) is 1.41. The Morgan fingerprint density at radius 3 is 2.83 bits per heavy atom. The first-order valence-electron chi connectivity index (χ1n) is 4.28. The van der Waals surface area contributed by atoms with E-state index in [0.29, 0.717) is 6.42 Å². The molecule has 2 rings (SSSR count). The smallest absolute Gasteiger partial charge is 0.0631 e. The highest BCUT2D eigenvalue weighted by Gasteiger charge is 2.39. The third kappa shape index (κ3) is 1.05. The topological polar surface area (TPSA) is 23.8 Å². The lowest BCUT2D eigenvalue weighted by Crippen LogP contribution is -2.32. The van der Waals surface area contributed by atoms with Gasteiger partial charge in [-0.1, -0.05) is 12.5 Å². The molecule has 0 aliphatic heterocycles. The van der Waals surface area contributed by atoms with Crippen LogP contribution in [0.1, 0.15) is 30.6 Å². The molecule has 2 heteroatoms. The number of hydrogen-bond acceptors (Lipinski definition) is 2. The minimum absolute atomic E-state index is 0.253. The van der Waals surface area contributed by atoms with Gasteiger partial charge in [-0.3, -0.25) is 0 Å². The van der Waals surface area contributed by atoms with Crippen molar-refractivity contribution in [3.05, 3.63) is 22.4 Å². The van der Waals surface area contributed by atoms with Gasteiger partial charge in [-0.15, -0.1) is 11.3 Å². The summed E-state index contributed by atoms with van der Waals surface area (Å²) >= 11 is 1.79. The van der Waals surface area contributed by atoms with Gasteiger partial charge in [0.2, 0.25) is 0 Å². The molecule has 0 radical (unpaired) electrons. The molecule has 1 nitrogen and oxygen atoms in total. The number of rotatable bonds is 2. The van der Waals surface area contributed by atoms with Gasteiger partial charge in [-0.05, 0) is 24.3 Å².